The van der Waals surface area contributed by atoms with E-state index in [1.165, 1.54) is 0 Å². The number of hydrogen-bond donors (Lipinski definition) is 1. The van der Waals surface area contributed by atoms with E-state index in [1.807, 2.05) is 20.8 Å². The van der Waals surface area contributed by atoms with E-state index in [4.69, 9.17) is 8.85 Å². The first-order valence-electron chi connectivity index (χ1n) is 7.20. The van der Waals surface area contributed by atoms with Crippen molar-refractivity contribution >= 4 is 15.3 Å². The fraction of sp³-hybridized carbons (Fsp3) is 0.929. The van der Waals surface area contributed by atoms with E-state index in [-0.39, 0.29) is 5.41 Å². The Hall–Kier alpha value is -0.393. The maximum atomic E-state index is 12.0. The Balaban J connectivity index is 5.44. The van der Waals surface area contributed by atoms with Gasteiger partial charge in [0, 0.05) is 13.2 Å². The SMILES string of the molecule is CCCC(CC(C)(C)C)(C(=O)O)[SiH](OCC)OCC. The summed E-state index contributed by atoms with van der Waals surface area (Å²) in [6, 6.07) is 0. The van der Waals surface area contributed by atoms with Crippen molar-refractivity contribution in [1.29, 1.82) is 0 Å². The van der Waals surface area contributed by atoms with Crippen molar-refractivity contribution in [3.8, 4) is 0 Å². The lowest BCUT2D eigenvalue weighted by Gasteiger charge is -2.39. The molecule has 0 amide bonds. The minimum atomic E-state index is -2.26. The smallest absolute Gasteiger partial charge is 0.339 e. The summed E-state index contributed by atoms with van der Waals surface area (Å²) in [6.45, 7) is 13.1. The summed E-state index contributed by atoms with van der Waals surface area (Å²) >= 11 is 0. The highest BCUT2D eigenvalue weighted by molar-refractivity contribution is 6.54. The maximum absolute atomic E-state index is 12.0. The van der Waals surface area contributed by atoms with Gasteiger partial charge in [-0.1, -0.05) is 34.1 Å². The minimum absolute atomic E-state index is 0.0625. The van der Waals surface area contributed by atoms with Crippen LogP contribution in [0.4, 0.5) is 0 Å². The van der Waals surface area contributed by atoms with Gasteiger partial charge in [0.05, 0.1) is 0 Å². The second-order valence-electron chi connectivity index (χ2n) is 6.19. The molecule has 0 rings (SSSR count). The minimum Gasteiger partial charge on any atom is -0.481 e. The van der Waals surface area contributed by atoms with Crippen molar-refractivity contribution in [2.24, 2.45) is 5.41 Å². The molecule has 114 valence electrons. The zero-order chi connectivity index (χ0) is 15.1. The van der Waals surface area contributed by atoms with Crippen molar-refractivity contribution < 1.29 is 18.8 Å². The van der Waals surface area contributed by atoms with Crippen LogP contribution in [0.3, 0.4) is 0 Å². The summed E-state index contributed by atoms with van der Waals surface area (Å²) in [4.78, 5) is 12.0. The van der Waals surface area contributed by atoms with Crippen LogP contribution >= 0.6 is 0 Å². The van der Waals surface area contributed by atoms with Gasteiger partial charge in [-0.15, -0.1) is 0 Å². The third-order valence-corrected chi connectivity index (χ3v) is 5.97. The Morgan fingerprint density at radius 3 is 1.84 bits per heavy atom. The Morgan fingerprint density at radius 1 is 1.11 bits per heavy atom. The number of carboxylic acids is 1. The van der Waals surface area contributed by atoms with Gasteiger partial charge in [-0.25, -0.2) is 0 Å². The summed E-state index contributed by atoms with van der Waals surface area (Å²) in [6.07, 6.45) is 2.04. The highest BCUT2D eigenvalue weighted by Crippen LogP contribution is 2.47. The van der Waals surface area contributed by atoms with E-state index in [2.05, 4.69) is 20.8 Å². The largest absolute Gasteiger partial charge is 0.481 e. The molecule has 0 aliphatic carbocycles. The first kappa shape index (κ1) is 18.6. The van der Waals surface area contributed by atoms with E-state index in [9.17, 15) is 9.90 Å². The van der Waals surface area contributed by atoms with Gasteiger partial charge in [-0.3, -0.25) is 4.79 Å². The molecular weight excluding hydrogens is 260 g/mol. The van der Waals surface area contributed by atoms with Crippen LogP contribution in [0.5, 0.6) is 0 Å². The lowest BCUT2D eigenvalue weighted by atomic mass is 9.82. The summed E-state index contributed by atoms with van der Waals surface area (Å²) in [7, 11) is -2.26. The van der Waals surface area contributed by atoms with E-state index in [0.29, 0.717) is 26.1 Å². The highest BCUT2D eigenvalue weighted by Gasteiger charge is 2.51. The van der Waals surface area contributed by atoms with E-state index in [0.717, 1.165) is 6.42 Å². The number of carboxylic acid groups (broad SMARTS) is 1. The Labute approximate surface area is 119 Å². The summed E-state index contributed by atoms with van der Waals surface area (Å²) in [5.41, 5.74) is -0.0625. The number of aliphatic carboxylic acids is 1. The zero-order valence-electron chi connectivity index (χ0n) is 13.3. The van der Waals surface area contributed by atoms with Gasteiger partial charge in [-0.2, -0.15) is 0 Å². The summed E-state index contributed by atoms with van der Waals surface area (Å²) < 4.78 is 11.5. The Morgan fingerprint density at radius 2 is 1.58 bits per heavy atom. The molecule has 1 atom stereocenters. The molecule has 1 N–H and O–H groups in total. The van der Waals surface area contributed by atoms with Gasteiger partial charge < -0.3 is 14.0 Å². The number of hydrogen-bond acceptors (Lipinski definition) is 3. The van der Waals surface area contributed by atoms with E-state index < -0.39 is 20.3 Å². The molecule has 0 bridgehead atoms. The first-order valence-corrected chi connectivity index (χ1v) is 8.72. The molecule has 0 saturated heterocycles. The van der Waals surface area contributed by atoms with Crippen LogP contribution in [0.1, 0.15) is 60.8 Å². The molecule has 19 heavy (non-hydrogen) atoms. The van der Waals surface area contributed by atoms with E-state index in [1.54, 1.807) is 0 Å². The molecule has 5 heteroatoms. The van der Waals surface area contributed by atoms with Crippen molar-refractivity contribution in [3.63, 3.8) is 0 Å². The average Bonchev–Trinajstić information content (AvgIpc) is 2.26. The third-order valence-electron chi connectivity index (χ3n) is 3.06. The van der Waals surface area contributed by atoms with Crippen LogP contribution in [0, 0.1) is 5.41 Å². The van der Waals surface area contributed by atoms with Gasteiger partial charge in [0.1, 0.15) is 5.04 Å². The molecule has 0 spiro atoms. The van der Waals surface area contributed by atoms with Gasteiger partial charge in [-0.05, 0) is 32.1 Å². The molecule has 0 aromatic carbocycles. The number of rotatable bonds is 9. The summed E-state index contributed by atoms with van der Waals surface area (Å²) in [5.74, 6) is -0.761. The molecule has 1 unspecified atom stereocenters. The lowest BCUT2D eigenvalue weighted by molar-refractivity contribution is -0.143. The molecule has 0 heterocycles. The molecule has 0 fully saturated rings. The third kappa shape index (κ3) is 5.63. The molecular formula is C14H30O4Si. The fourth-order valence-electron chi connectivity index (χ4n) is 2.64. The molecule has 0 aliphatic heterocycles. The molecule has 0 aliphatic rings. The molecule has 0 aromatic heterocycles. The summed E-state index contributed by atoms with van der Waals surface area (Å²) in [5, 5.41) is 8.98. The normalized spacial score (nSPS) is 15.5. The highest BCUT2D eigenvalue weighted by atomic mass is 28.3. The van der Waals surface area contributed by atoms with Gasteiger partial charge in [0.25, 0.3) is 0 Å². The monoisotopic (exact) mass is 290 g/mol. The standard InChI is InChI=1S/C14H30O4Si/c1-7-10-14(12(15)16,11-13(4,5)6)19(17-8-2)18-9-3/h19H,7-11H2,1-6H3,(H,15,16). The van der Waals surface area contributed by atoms with E-state index >= 15 is 0 Å². The first-order chi connectivity index (χ1) is 8.73. The van der Waals surface area contributed by atoms with Gasteiger partial charge >= 0.3 is 15.3 Å². The second kappa shape index (κ2) is 8.02. The molecule has 0 radical (unpaired) electrons. The Kier molecular flexibility index (Phi) is 7.85. The second-order valence-corrected chi connectivity index (χ2v) is 8.63. The van der Waals surface area contributed by atoms with Crippen LogP contribution in [0.2, 0.25) is 5.04 Å². The quantitative estimate of drug-likeness (QED) is 0.662. The van der Waals surface area contributed by atoms with Crippen LogP contribution in [-0.4, -0.2) is 33.6 Å². The Bertz CT molecular complexity index is 269. The zero-order valence-corrected chi connectivity index (χ0v) is 14.4. The topological polar surface area (TPSA) is 55.8 Å². The predicted octanol–water partition coefficient (Wildman–Crippen LogP) is 3.34. The van der Waals surface area contributed by atoms with Crippen molar-refractivity contribution in [3.05, 3.63) is 0 Å². The van der Waals surface area contributed by atoms with Gasteiger partial charge in [0.15, 0.2) is 0 Å². The number of carbonyl (C=O) groups is 1. The van der Waals surface area contributed by atoms with Crippen molar-refractivity contribution in [1.82, 2.24) is 0 Å². The lowest BCUT2D eigenvalue weighted by Crippen LogP contribution is -2.46. The predicted molar refractivity (Wildman–Crippen MR) is 79.7 cm³/mol. The fourth-order valence-corrected chi connectivity index (χ4v) is 5.48. The molecule has 0 aromatic rings. The van der Waals surface area contributed by atoms with Crippen molar-refractivity contribution in [2.75, 3.05) is 13.2 Å². The molecule has 4 nitrogen and oxygen atoms in total. The molecule has 0 saturated carbocycles. The van der Waals surface area contributed by atoms with Crippen LogP contribution < -0.4 is 0 Å². The average molecular weight is 290 g/mol. The van der Waals surface area contributed by atoms with Gasteiger partial charge in [0.2, 0.25) is 0 Å². The van der Waals surface area contributed by atoms with Crippen LogP contribution in [-0.2, 0) is 13.6 Å². The van der Waals surface area contributed by atoms with Crippen molar-refractivity contribution in [2.45, 2.75) is 65.8 Å². The maximum Gasteiger partial charge on any atom is 0.339 e. The van der Waals surface area contributed by atoms with Crippen LogP contribution in [0.15, 0.2) is 0 Å². The van der Waals surface area contributed by atoms with Crippen LogP contribution in [0.25, 0.3) is 0 Å².